The van der Waals surface area contributed by atoms with Crippen molar-refractivity contribution in [2.45, 2.75) is 0 Å². The molecule has 0 saturated carbocycles. The molecule has 0 N–H and O–H groups in total. The van der Waals surface area contributed by atoms with Crippen molar-refractivity contribution < 1.29 is 4.42 Å². The van der Waals surface area contributed by atoms with Crippen LogP contribution < -0.4 is 0 Å². The molecule has 0 radical (unpaired) electrons. The lowest BCUT2D eigenvalue weighted by molar-refractivity contribution is 0.668. The number of fused-ring (bicyclic) bond motifs is 10. The Morgan fingerprint density at radius 3 is 1.85 bits per heavy atom. The predicted octanol–water partition coefficient (Wildman–Crippen LogP) is 15.1. The van der Waals surface area contributed by atoms with E-state index in [9.17, 15) is 0 Å². The van der Waals surface area contributed by atoms with Gasteiger partial charge in [0.1, 0.15) is 11.2 Å². The van der Waals surface area contributed by atoms with Gasteiger partial charge in [-0.3, -0.25) is 0 Å². The molecule has 61 heavy (non-hydrogen) atoms. The SMILES string of the molecule is c1ccc(-c2ccc(-c3nc(-c4ccc5sc6ccccc6c5c4)nc(-c4cc(-n5c6ccccc6c6cc7ccccc7cc65)cc5oc6ccccc6c45)n3)cc2)cc1. The molecule has 9 aromatic carbocycles. The first-order valence-corrected chi connectivity index (χ1v) is 21.2. The van der Waals surface area contributed by atoms with Crippen LogP contribution in [0.5, 0.6) is 0 Å². The quantitative estimate of drug-likeness (QED) is 0.174. The number of rotatable bonds is 5. The van der Waals surface area contributed by atoms with E-state index in [2.05, 4.69) is 180 Å². The number of para-hydroxylation sites is 2. The molecule has 0 aliphatic heterocycles. The van der Waals surface area contributed by atoms with Gasteiger partial charge in [0, 0.05) is 64.5 Å². The zero-order valence-electron chi connectivity index (χ0n) is 32.6. The van der Waals surface area contributed by atoms with Gasteiger partial charge in [-0.25, -0.2) is 15.0 Å². The standard InChI is InChI=1S/C55H32N4OS/c1-2-12-33(13-3-1)34-22-24-35(25-23-34)53-56-54(38-26-27-51-44(29-38)41-17-8-11-21-50(41)61-51)58-55(57-53)45-31-39(32-49-52(45)42-18-7-10-20-48(42)60-49)59-46-19-9-6-16-40(46)43-28-36-14-4-5-15-37(36)30-47(43)59/h1-32H. The first kappa shape index (κ1) is 34.0. The summed E-state index contributed by atoms with van der Waals surface area (Å²) >= 11 is 1.80. The van der Waals surface area contributed by atoms with Gasteiger partial charge in [-0.15, -0.1) is 11.3 Å². The molecule has 4 heterocycles. The summed E-state index contributed by atoms with van der Waals surface area (Å²) < 4.78 is 11.6. The number of hydrogen-bond donors (Lipinski definition) is 0. The first-order valence-electron chi connectivity index (χ1n) is 20.4. The van der Waals surface area contributed by atoms with E-state index >= 15 is 0 Å². The van der Waals surface area contributed by atoms with E-state index in [-0.39, 0.29) is 0 Å². The van der Waals surface area contributed by atoms with E-state index in [0.29, 0.717) is 17.5 Å². The van der Waals surface area contributed by atoms with Gasteiger partial charge in [0.15, 0.2) is 17.5 Å². The van der Waals surface area contributed by atoms with Crippen LogP contribution in [0.15, 0.2) is 199 Å². The largest absolute Gasteiger partial charge is 0.456 e. The average molecular weight is 797 g/mol. The van der Waals surface area contributed by atoms with E-state index in [0.717, 1.165) is 66.5 Å². The van der Waals surface area contributed by atoms with Crippen LogP contribution in [0.2, 0.25) is 0 Å². The van der Waals surface area contributed by atoms with Crippen molar-refractivity contribution in [1.29, 1.82) is 0 Å². The van der Waals surface area contributed by atoms with Crippen molar-refractivity contribution in [3.8, 4) is 51.0 Å². The van der Waals surface area contributed by atoms with E-state index < -0.39 is 0 Å². The van der Waals surface area contributed by atoms with Crippen LogP contribution in [0.25, 0.3) is 126 Å². The Labute approximate surface area is 353 Å². The minimum Gasteiger partial charge on any atom is -0.456 e. The fourth-order valence-corrected chi connectivity index (χ4v) is 10.2. The molecule has 5 nitrogen and oxygen atoms in total. The molecule has 6 heteroatoms. The highest BCUT2D eigenvalue weighted by atomic mass is 32.1. The number of nitrogens with zero attached hydrogens (tertiary/aromatic N) is 4. The van der Waals surface area contributed by atoms with Crippen molar-refractivity contribution in [3.05, 3.63) is 194 Å². The lowest BCUT2D eigenvalue weighted by Crippen LogP contribution is -2.02. The second-order valence-corrected chi connectivity index (χ2v) is 16.7. The summed E-state index contributed by atoms with van der Waals surface area (Å²) in [4.78, 5) is 16.0. The zero-order valence-corrected chi connectivity index (χ0v) is 33.4. The maximum atomic E-state index is 6.73. The second-order valence-electron chi connectivity index (χ2n) is 15.6. The number of aromatic nitrogens is 4. The van der Waals surface area contributed by atoms with Gasteiger partial charge in [-0.1, -0.05) is 133 Å². The van der Waals surface area contributed by atoms with Crippen LogP contribution in [0.4, 0.5) is 0 Å². The highest BCUT2D eigenvalue weighted by Gasteiger charge is 2.22. The van der Waals surface area contributed by atoms with Crippen LogP contribution in [-0.4, -0.2) is 19.5 Å². The first-order chi connectivity index (χ1) is 30.2. The third-order valence-electron chi connectivity index (χ3n) is 12.0. The van der Waals surface area contributed by atoms with Crippen LogP contribution in [-0.2, 0) is 0 Å². The van der Waals surface area contributed by atoms with Crippen molar-refractivity contribution in [1.82, 2.24) is 19.5 Å². The molecule has 0 aliphatic rings. The van der Waals surface area contributed by atoms with Gasteiger partial charge in [0.2, 0.25) is 0 Å². The van der Waals surface area contributed by atoms with Gasteiger partial charge in [-0.2, -0.15) is 0 Å². The zero-order chi connectivity index (χ0) is 40.0. The van der Waals surface area contributed by atoms with E-state index in [1.165, 1.54) is 41.7 Å². The molecule has 0 aliphatic carbocycles. The number of furan rings is 1. The van der Waals surface area contributed by atoms with Crippen molar-refractivity contribution in [2.75, 3.05) is 0 Å². The Balaban J connectivity index is 1.09. The Morgan fingerprint density at radius 2 is 1.00 bits per heavy atom. The highest BCUT2D eigenvalue weighted by molar-refractivity contribution is 7.25. The van der Waals surface area contributed by atoms with Crippen LogP contribution in [0.3, 0.4) is 0 Å². The summed E-state index contributed by atoms with van der Waals surface area (Å²) in [7, 11) is 0. The summed E-state index contributed by atoms with van der Waals surface area (Å²) in [6, 6.07) is 68.6. The molecule has 4 aromatic heterocycles. The third-order valence-corrected chi connectivity index (χ3v) is 13.2. The van der Waals surface area contributed by atoms with Crippen molar-refractivity contribution in [3.63, 3.8) is 0 Å². The molecule has 13 aromatic rings. The molecule has 0 spiro atoms. The average Bonchev–Trinajstić information content (AvgIpc) is 3.99. The van der Waals surface area contributed by atoms with Crippen LogP contribution in [0, 0.1) is 0 Å². The molecule has 13 rings (SSSR count). The van der Waals surface area contributed by atoms with E-state index in [1.54, 1.807) is 11.3 Å². The fraction of sp³-hybridized carbons (Fsp3) is 0. The van der Waals surface area contributed by atoms with Crippen LogP contribution >= 0.6 is 11.3 Å². The molecule has 0 unspecified atom stereocenters. The summed E-state index contributed by atoms with van der Waals surface area (Å²) in [6.07, 6.45) is 0. The molecule has 0 fully saturated rings. The topological polar surface area (TPSA) is 56.7 Å². The van der Waals surface area contributed by atoms with Crippen molar-refractivity contribution >= 4 is 86.0 Å². The molecular formula is C55H32N4OS. The van der Waals surface area contributed by atoms with Crippen molar-refractivity contribution in [2.24, 2.45) is 0 Å². The normalized spacial score (nSPS) is 11.9. The Bertz CT molecular complexity index is 3880. The Kier molecular flexibility index (Phi) is 7.41. The van der Waals surface area contributed by atoms with E-state index in [4.69, 9.17) is 19.4 Å². The van der Waals surface area contributed by atoms with Gasteiger partial charge in [0.05, 0.1) is 16.7 Å². The smallest absolute Gasteiger partial charge is 0.164 e. The minimum atomic E-state index is 0.576. The molecule has 284 valence electrons. The Morgan fingerprint density at radius 1 is 0.377 bits per heavy atom. The minimum absolute atomic E-state index is 0.576. The summed E-state index contributed by atoms with van der Waals surface area (Å²) in [5.74, 6) is 1.79. The number of hydrogen-bond acceptors (Lipinski definition) is 5. The lowest BCUT2D eigenvalue weighted by atomic mass is 10.0. The van der Waals surface area contributed by atoms with Crippen LogP contribution in [0.1, 0.15) is 0 Å². The maximum absolute atomic E-state index is 6.73. The Hall–Kier alpha value is -7.93. The summed E-state index contributed by atoms with van der Waals surface area (Å²) in [5, 5.41) is 9.18. The van der Waals surface area contributed by atoms with Gasteiger partial charge in [-0.05, 0) is 76.5 Å². The second kappa shape index (κ2) is 13.3. The van der Waals surface area contributed by atoms with Gasteiger partial charge >= 0.3 is 0 Å². The lowest BCUT2D eigenvalue weighted by Gasteiger charge is -2.13. The molecular weight excluding hydrogens is 765 g/mol. The van der Waals surface area contributed by atoms with E-state index in [1.807, 2.05) is 18.2 Å². The van der Waals surface area contributed by atoms with Gasteiger partial charge < -0.3 is 8.98 Å². The monoisotopic (exact) mass is 796 g/mol. The predicted molar refractivity (Wildman–Crippen MR) is 254 cm³/mol. The maximum Gasteiger partial charge on any atom is 0.164 e. The third kappa shape index (κ3) is 5.43. The molecule has 0 amide bonds. The highest BCUT2D eigenvalue weighted by Crippen LogP contribution is 2.42. The molecule has 0 saturated heterocycles. The molecule has 0 atom stereocenters. The van der Waals surface area contributed by atoms with Gasteiger partial charge in [0.25, 0.3) is 0 Å². The number of benzene rings is 9. The summed E-state index contributed by atoms with van der Waals surface area (Å²) in [6.45, 7) is 0. The fourth-order valence-electron chi connectivity index (χ4n) is 9.14. The summed E-state index contributed by atoms with van der Waals surface area (Å²) in [5.41, 5.74) is 9.77. The molecule has 0 bridgehead atoms. The number of thiophene rings is 1.